The minimum Gasteiger partial charge on any atom is -0.166 e. The van der Waals surface area contributed by atoms with Gasteiger partial charge in [-0.1, -0.05) is 4.57 Å². The summed E-state index contributed by atoms with van der Waals surface area (Å²) in [4.78, 5) is 0. The third-order valence-corrected chi connectivity index (χ3v) is 5.35. The van der Waals surface area contributed by atoms with Gasteiger partial charge in [-0.2, -0.15) is 52.7 Å². The van der Waals surface area contributed by atoms with Gasteiger partial charge in [0, 0.05) is 0 Å². The minimum absolute atomic E-state index is 0.0785. The first-order chi connectivity index (χ1) is 13.3. The minimum atomic E-state index is -5.54. The van der Waals surface area contributed by atoms with Crippen molar-refractivity contribution in [1.29, 1.82) is 0 Å². The number of hydrogen-bond donors (Lipinski definition) is 0. The number of rotatable bonds is 2. The van der Waals surface area contributed by atoms with Crippen LogP contribution in [-0.2, 0) is 29.3 Å². The van der Waals surface area contributed by atoms with Crippen LogP contribution in [0.25, 0.3) is 0 Å². The summed E-state index contributed by atoms with van der Waals surface area (Å²) in [7, 11) is -3.86. The number of benzene rings is 2. The van der Waals surface area contributed by atoms with Gasteiger partial charge in [0.25, 0.3) is 0 Å². The molecule has 2 aromatic rings. The van der Waals surface area contributed by atoms with Gasteiger partial charge in [-0.3, -0.25) is 0 Å². The zero-order valence-electron chi connectivity index (χ0n) is 13.9. The summed E-state index contributed by atoms with van der Waals surface area (Å²) >= 11 is 0. The van der Waals surface area contributed by atoms with Gasteiger partial charge in [0.05, 0.1) is 11.1 Å². The quantitative estimate of drug-likeness (QED) is 0.358. The van der Waals surface area contributed by atoms with Crippen molar-refractivity contribution >= 4 is 18.4 Å². The Labute approximate surface area is 160 Å². The second kappa shape index (κ2) is 7.44. The van der Waals surface area contributed by atoms with Gasteiger partial charge >= 0.3 is 32.5 Å². The molecule has 0 spiro atoms. The molecule has 0 radical (unpaired) electrons. The monoisotopic (exact) mass is 473 g/mol. The summed E-state index contributed by atoms with van der Waals surface area (Å²) in [6.07, 6.45) is -21.6. The van der Waals surface area contributed by atoms with Crippen LogP contribution in [0.5, 0.6) is 0 Å². The maximum Gasteiger partial charge on any atom is 0.420 e. The Hall–Kier alpha value is -2.30. The van der Waals surface area contributed by atoms with Crippen molar-refractivity contribution in [1.82, 2.24) is 0 Å². The standard InChI is InChI=1S/C16H6F12OP/c17-13(18,19)7-1-3-11(9(5-7)15(23,24)25)30(29)12-4-2-8(14(20,21)22)6-10(12)16(26,27)28/h1-6H/q+1. The lowest BCUT2D eigenvalue weighted by Gasteiger charge is -2.13. The fraction of sp³-hybridized carbons (Fsp3) is 0.250. The summed E-state index contributed by atoms with van der Waals surface area (Å²) in [5.74, 6) is 0. The van der Waals surface area contributed by atoms with E-state index in [0.29, 0.717) is 0 Å². The van der Waals surface area contributed by atoms with Crippen LogP contribution in [0.15, 0.2) is 36.4 Å². The molecular weight excluding hydrogens is 467 g/mol. The third-order valence-electron chi connectivity index (χ3n) is 3.70. The fourth-order valence-corrected chi connectivity index (χ4v) is 3.86. The predicted molar refractivity (Wildman–Crippen MR) is 79.8 cm³/mol. The zero-order valence-corrected chi connectivity index (χ0v) is 14.7. The van der Waals surface area contributed by atoms with Gasteiger partial charge < -0.3 is 0 Å². The fourth-order valence-electron chi connectivity index (χ4n) is 2.36. The molecule has 0 N–H and O–H groups in total. The molecule has 30 heavy (non-hydrogen) atoms. The molecule has 0 fully saturated rings. The van der Waals surface area contributed by atoms with Crippen molar-refractivity contribution < 1.29 is 57.3 Å². The van der Waals surface area contributed by atoms with Crippen molar-refractivity contribution in [3.63, 3.8) is 0 Å². The highest BCUT2D eigenvalue weighted by atomic mass is 31.1. The highest BCUT2D eigenvalue weighted by molar-refractivity contribution is 7.61. The molecule has 0 atom stereocenters. The highest BCUT2D eigenvalue weighted by Gasteiger charge is 2.48. The Bertz CT molecular complexity index is 889. The largest absolute Gasteiger partial charge is 0.420 e. The summed E-state index contributed by atoms with van der Waals surface area (Å²) < 4.78 is 168. The molecule has 0 bridgehead atoms. The number of hydrogen-bond acceptors (Lipinski definition) is 1. The van der Waals surface area contributed by atoms with Crippen LogP contribution >= 0.6 is 7.80 Å². The van der Waals surface area contributed by atoms with Crippen LogP contribution in [0.4, 0.5) is 52.7 Å². The van der Waals surface area contributed by atoms with E-state index in [1.54, 1.807) is 0 Å². The summed E-state index contributed by atoms with van der Waals surface area (Å²) in [6.45, 7) is 0. The van der Waals surface area contributed by atoms with Crippen LogP contribution in [0.1, 0.15) is 22.3 Å². The first-order valence-electron chi connectivity index (χ1n) is 7.37. The van der Waals surface area contributed by atoms with Crippen LogP contribution < -0.4 is 10.6 Å². The summed E-state index contributed by atoms with van der Waals surface area (Å²) in [6, 6.07) is -0.533. The topological polar surface area (TPSA) is 17.1 Å². The lowest BCUT2D eigenvalue weighted by molar-refractivity contribution is -0.144. The van der Waals surface area contributed by atoms with Crippen molar-refractivity contribution in [2.24, 2.45) is 0 Å². The summed E-state index contributed by atoms with van der Waals surface area (Å²) in [5.41, 5.74) is -7.84. The van der Waals surface area contributed by atoms with Gasteiger partial charge in [0.2, 0.25) is 10.6 Å². The molecule has 0 heterocycles. The van der Waals surface area contributed by atoms with E-state index in [1.807, 2.05) is 0 Å². The van der Waals surface area contributed by atoms with E-state index in [9.17, 15) is 57.3 Å². The van der Waals surface area contributed by atoms with E-state index in [2.05, 4.69) is 0 Å². The second-order valence-electron chi connectivity index (χ2n) is 5.75. The molecule has 2 aromatic carbocycles. The van der Waals surface area contributed by atoms with Gasteiger partial charge in [-0.25, -0.2) is 0 Å². The predicted octanol–water partition coefficient (Wildman–Crippen LogP) is 6.54. The van der Waals surface area contributed by atoms with Crippen molar-refractivity contribution in [2.75, 3.05) is 0 Å². The van der Waals surface area contributed by atoms with E-state index < -0.39 is 77.5 Å². The molecule has 0 aromatic heterocycles. The molecule has 0 aliphatic rings. The molecule has 0 aliphatic carbocycles. The molecule has 2 rings (SSSR count). The van der Waals surface area contributed by atoms with E-state index in [0.717, 1.165) is 0 Å². The Morgan fingerprint density at radius 2 is 0.800 bits per heavy atom. The Morgan fingerprint density at radius 1 is 0.500 bits per heavy atom. The average Bonchev–Trinajstić information content (AvgIpc) is 2.57. The van der Waals surface area contributed by atoms with E-state index in [4.69, 9.17) is 0 Å². The molecule has 0 amide bonds. The molecule has 0 saturated carbocycles. The SMILES string of the molecule is O=[P+](c1ccc(C(F)(F)F)cc1C(F)(F)F)c1ccc(C(F)(F)F)cc1C(F)(F)F. The maximum atomic E-state index is 13.2. The average molecular weight is 473 g/mol. The van der Waals surface area contributed by atoms with Gasteiger partial charge in [-0.05, 0) is 36.4 Å². The maximum absolute atomic E-state index is 13.2. The first-order valence-corrected chi connectivity index (χ1v) is 8.63. The third kappa shape index (κ3) is 5.05. The van der Waals surface area contributed by atoms with Crippen LogP contribution in [0, 0.1) is 0 Å². The molecule has 0 aliphatic heterocycles. The Morgan fingerprint density at radius 3 is 1.03 bits per heavy atom. The van der Waals surface area contributed by atoms with Crippen LogP contribution in [0.2, 0.25) is 0 Å². The molecule has 0 unspecified atom stereocenters. The van der Waals surface area contributed by atoms with Gasteiger partial charge in [-0.15, -0.1) is 0 Å². The number of alkyl halides is 12. The Balaban J connectivity index is 2.74. The van der Waals surface area contributed by atoms with Crippen molar-refractivity contribution in [3.8, 4) is 0 Å². The van der Waals surface area contributed by atoms with E-state index in [1.165, 1.54) is 0 Å². The van der Waals surface area contributed by atoms with Crippen LogP contribution in [0.3, 0.4) is 0 Å². The molecule has 0 saturated heterocycles. The molecule has 164 valence electrons. The Kier molecular flexibility index (Phi) is 5.94. The number of halogens is 12. The van der Waals surface area contributed by atoms with Gasteiger partial charge in [0.15, 0.2) is 0 Å². The second-order valence-corrected chi connectivity index (χ2v) is 7.30. The zero-order chi connectivity index (χ0) is 23.3. The first kappa shape index (κ1) is 24.0. The highest BCUT2D eigenvalue weighted by Crippen LogP contribution is 2.41. The molecule has 1 nitrogen and oxygen atoms in total. The van der Waals surface area contributed by atoms with Crippen molar-refractivity contribution in [3.05, 3.63) is 58.7 Å². The smallest absolute Gasteiger partial charge is 0.166 e. The van der Waals surface area contributed by atoms with Crippen LogP contribution in [-0.4, -0.2) is 0 Å². The lowest BCUT2D eigenvalue weighted by atomic mass is 10.1. The van der Waals surface area contributed by atoms with E-state index >= 15 is 0 Å². The van der Waals surface area contributed by atoms with Gasteiger partial charge in [0.1, 0.15) is 11.1 Å². The molecule has 14 heteroatoms. The normalized spacial score (nSPS) is 13.5. The lowest BCUT2D eigenvalue weighted by Crippen LogP contribution is -2.25. The van der Waals surface area contributed by atoms with Crippen molar-refractivity contribution in [2.45, 2.75) is 24.7 Å². The molecular formula is C16H6F12OP+. The van der Waals surface area contributed by atoms with E-state index in [-0.39, 0.29) is 24.3 Å². The summed E-state index contributed by atoms with van der Waals surface area (Å²) in [5, 5.41) is -2.87.